The topological polar surface area (TPSA) is 119 Å². The van der Waals surface area contributed by atoms with E-state index >= 15 is 0 Å². The number of carbonyl (C=O) groups is 3. The van der Waals surface area contributed by atoms with Gasteiger partial charge in [-0.25, -0.2) is 0 Å². The van der Waals surface area contributed by atoms with Crippen molar-refractivity contribution in [3.05, 3.63) is 22.5 Å². The molecule has 6 aliphatic carbocycles. The van der Waals surface area contributed by atoms with Crippen LogP contribution in [-0.2, 0) is 28.3 Å². The summed E-state index contributed by atoms with van der Waals surface area (Å²) in [6, 6.07) is 0. The lowest BCUT2D eigenvalue weighted by Gasteiger charge is -2.66. The molecule has 39 heavy (non-hydrogen) atoms. The van der Waals surface area contributed by atoms with Crippen molar-refractivity contribution in [2.45, 2.75) is 96.4 Å². The van der Waals surface area contributed by atoms with Crippen LogP contribution in [0.4, 0.5) is 0 Å². The molecule has 0 radical (unpaired) electrons. The molecule has 0 aromatic carbocycles. The normalized spacial score (nSPS) is 49.1. The van der Waals surface area contributed by atoms with Crippen molar-refractivity contribution in [3.63, 3.8) is 0 Å². The molecule has 2 heterocycles. The Morgan fingerprint density at radius 2 is 1.82 bits per heavy atom. The molecule has 2 N–H and O–H groups in total. The van der Waals surface area contributed by atoms with Crippen LogP contribution in [0.1, 0.15) is 52.9 Å². The van der Waals surface area contributed by atoms with E-state index in [9.17, 15) is 24.6 Å². The predicted molar refractivity (Wildman–Crippen MR) is 142 cm³/mol. The van der Waals surface area contributed by atoms with Crippen molar-refractivity contribution in [3.8, 4) is 0 Å². The molecule has 9 heteroatoms. The molecule has 0 unspecified atom stereocenters. The second-order valence-electron chi connectivity index (χ2n) is 14.9. The fourth-order valence-corrected chi connectivity index (χ4v) is 11.6. The first kappa shape index (κ1) is 26.3. The van der Waals surface area contributed by atoms with E-state index in [4.69, 9.17) is 13.9 Å². The molecule has 212 valence electrons. The lowest BCUT2D eigenvalue weighted by atomic mass is 9.34. The zero-order valence-electron chi connectivity index (χ0n) is 24.0. The Hall–Kier alpha value is -1.65. The zero-order valence-corrected chi connectivity index (χ0v) is 25.0. The zero-order chi connectivity index (χ0) is 28.3. The van der Waals surface area contributed by atoms with Crippen molar-refractivity contribution >= 4 is 25.7 Å². The van der Waals surface area contributed by atoms with Crippen LogP contribution in [0.5, 0.6) is 0 Å². The molecule has 0 aromatic heterocycles. The van der Waals surface area contributed by atoms with Crippen LogP contribution < -0.4 is 0 Å². The van der Waals surface area contributed by atoms with Gasteiger partial charge in [0.05, 0.1) is 18.6 Å². The number of aliphatic hydroxyl groups is 2. The minimum atomic E-state index is -2.28. The predicted octanol–water partition coefficient (Wildman–Crippen LogP) is 2.87. The number of hydrogen-bond donors (Lipinski definition) is 2. The highest BCUT2D eigenvalue weighted by atomic mass is 28.4. The summed E-state index contributed by atoms with van der Waals surface area (Å²) >= 11 is 0. The van der Waals surface area contributed by atoms with Gasteiger partial charge in [0.2, 0.25) is 5.78 Å². The number of methoxy groups -OCH3 is 1. The maximum Gasteiger partial charge on any atom is 0.224 e. The first-order valence-electron chi connectivity index (χ1n) is 14.4. The third kappa shape index (κ3) is 2.52. The molecule has 0 amide bonds. The van der Waals surface area contributed by atoms with E-state index in [2.05, 4.69) is 26.6 Å². The van der Waals surface area contributed by atoms with E-state index in [1.165, 1.54) is 7.11 Å². The Labute approximate surface area is 230 Å². The van der Waals surface area contributed by atoms with Gasteiger partial charge in [-0.15, -0.1) is 0 Å². The fourth-order valence-electron chi connectivity index (χ4n) is 10.6. The summed E-state index contributed by atoms with van der Waals surface area (Å²) in [5, 5.41) is 21.7. The second kappa shape index (κ2) is 7.21. The Balaban J connectivity index is 1.51. The van der Waals surface area contributed by atoms with Crippen LogP contribution in [0.2, 0.25) is 19.6 Å². The van der Waals surface area contributed by atoms with Gasteiger partial charge < -0.3 is 24.1 Å². The Bertz CT molecular complexity index is 1320. The quantitative estimate of drug-likeness (QED) is 0.496. The highest BCUT2D eigenvalue weighted by Gasteiger charge is 2.91. The van der Waals surface area contributed by atoms with Gasteiger partial charge in [-0.2, -0.15) is 0 Å². The highest BCUT2D eigenvalue weighted by Crippen LogP contribution is 2.86. The smallest absolute Gasteiger partial charge is 0.224 e. The number of Topliss-reactive ketones (excluding diaryl/α,β-unsaturated/α-hetero) is 3. The summed E-state index contributed by atoms with van der Waals surface area (Å²) in [6.45, 7) is 12.2. The maximum absolute atomic E-state index is 14.8. The van der Waals surface area contributed by atoms with Gasteiger partial charge in [0.1, 0.15) is 17.8 Å². The number of hydrogen-bond acceptors (Lipinski definition) is 8. The minimum absolute atomic E-state index is 0.0119. The molecule has 2 aliphatic heterocycles. The van der Waals surface area contributed by atoms with E-state index in [1.54, 1.807) is 0 Å². The van der Waals surface area contributed by atoms with Gasteiger partial charge in [0.25, 0.3) is 0 Å². The standard InChI is InChI=1S/C30H40O8Si/c1-26(2)22-21(36-4)20(34)19-15(23(38-39(5,6)7)29(22)11-17(32)24(26)37-29)8-9-27(3)28(16-10-14(16)13-31)12-18(33)30(19,27)25(28)35/h14,16,18,23-24,31,33H,8-13H2,1-7H3/t14-,16+,18-,23-,24-,27-,28-,29+,30+/m0/s1. The molecule has 4 bridgehead atoms. The molecule has 6 fully saturated rings. The van der Waals surface area contributed by atoms with Crippen LogP contribution >= 0.6 is 0 Å². The van der Waals surface area contributed by atoms with Gasteiger partial charge in [-0.05, 0) is 62.7 Å². The number of ether oxygens (including phenoxy) is 2. The van der Waals surface area contributed by atoms with E-state index in [0.29, 0.717) is 36.0 Å². The molecule has 2 spiro atoms. The highest BCUT2D eigenvalue weighted by molar-refractivity contribution is 6.69. The van der Waals surface area contributed by atoms with Gasteiger partial charge >= 0.3 is 0 Å². The number of ketones is 3. The van der Waals surface area contributed by atoms with E-state index in [1.807, 2.05) is 13.8 Å². The number of carbonyl (C=O) groups excluding carboxylic acids is 3. The molecule has 9 atom stereocenters. The molecular weight excluding hydrogens is 516 g/mol. The number of rotatable bonds is 5. The third-order valence-electron chi connectivity index (χ3n) is 11.9. The van der Waals surface area contributed by atoms with Gasteiger partial charge in [0.15, 0.2) is 25.6 Å². The SMILES string of the molecule is COC1=C2C(C)(C)[C@H]3O[C@@]2(CC3=O)[C@@H](O[Si](C)(C)C)C2=C(C1=O)[C@@]13C(=O)[C@@]([C@@H]4C[C@H]4CO)(C[C@@H]1O)[C@]3(C)CC2. The Morgan fingerprint density at radius 3 is 2.41 bits per heavy atom. The van der Waals surface area contributed by atoms with E-state index in [0.717, 1.165) is 6.42 Å². The van der Waals surface area contributed by atoms with Crippen LogP contribution in [-0.4, -0.2) is 73.5 Å². The molecule has 8 rings (SSSR count). The average Bonchev–Trinajstić information content (AvgIpc) is 3.36. The number of allylic oxidation sites excluding steroid dienone is 1. The van der Waals surface area contributed by atoms with Crippen LogP contribution in [0, 0.1) is 33.5 Å². The third-order valence-corrected chi connectivity index (χ3v) is 12.8. The Morgan fingerprint density at radius 1 is 1.13 bits per heavy atom. The first-order chi connectivity index (χ1) is 18.1. The summed E-state index contributed by atoms with van der Waals surface area (Å²) in [5.41, 5.74) is -3.00. The van der Waals surface area contributed by atoms with Crippen molar-refractivity contribution in [2.24, 2.45) is 33.5 Å². The number of fused-ring (bicyclic) bond motifs is 2. The number of aliphatic hydroxyl groups excluding tert-OH is 2. The molecular formula is C30H40O8Si. The lowest BCUT2D eigenvalue weighted by Crippen LogP contribution is -2.72. The van der Waals surface area contributed by atoms with Gasteiger partial charge in [0, 0.05) is 40.4 Å². The monoisotopic (exact) mass is 556 g/mol. The molecule has 2 saturated heterocycles. The van der Waals surface area contributed by atoms with Crippen LogP contribution in [0.3, 0.4) is 0 Å². The van der Waals surface area contributed by atoms with Crippen LogP contribution in [0.25, 0.3) is 0 Å². The lowest BCUT2D eigenvalue weighted by molar-refractivity contribution is -0.189. The van der Waals surface area contributed by atoms with Crippen molar-refractivity contribution in [2.75, 3.05) is 13.7 Å². The molecule has 8 aliphatic rings. The fraction of sp³-hybridized carbons (Fsp3) is 0.767. The van der Waals surface area contributed by atoms with Gasteiger partial charge in [-0.1, -0.05) is 20.8 Å². The summed E-state index contributed by atoms with van der Waals surface area (Å²) < 4.78 is 19.5. The van der Waals surface area contributed by atoms with Crippen molar-refractivity contribution < 1.29 is 38.5 Å². The summed E-state index contributed by atoms with van der Waals surface area (Å²) in [6.07, 6.45) is -0.133. The van der Waals surface area contributed by atoms with Crippen LogP contribution in [0.15, 0.2) is 22.5 Å². The van der Waals surface area contributed by atoms with E-state index in [-0.39, 0.29) is 48.0 Å². The van der Waals surface area contributed by atoms with Crippen molar-refractivity contribution in [1.29, 1.82) is 0 Å². The van der Waals surface area contributed by atoms with Gasteiger partial charge in [-0.3, -0.25) is 14.4 Å². The molecule has 0 aromatic rings. The maximum atomic E-state index is 14.8. The van der Waals surface area contributed by atoms with Crippen molar-refractivity contribution in [1.82, 2.24) is 0 Å². The second-order valence-corrected chi connectivity index (χ2v) is 19.4. The largest absolute Gasteiger partial charge is 0.493 e. The average molecular weight is 557 g/mol. The summed E-state index contributed by atoms with van der Waals surface area (Å²) in [4.78, 5) is 42.6. The molecule has 8 nitrogen and oxygen atoms in total. The summed E-state index contributed by atoms with van der Waals surface area (Å²) in [7, 11) is -0.817. The Kier molecular flexibility index (Phi) is 4.86. The first-order valence-corrected chi connectivity index (χ1v) is 17.8. The summed E-state index contributed by atoms with van der Waals surface area (Å²) in [5.74, 6) is -0.236. The van der Waals surface area contributed by atoms with E-state index < -0.39 is 53.9 Å². The minimum Gasteiger partial charge on any atom is -0.493 e. The molecule has 4 saturated carbocycles.